The molecule has 0 saturated carbocycles. The number of alkyl halides is 3. The summed E-state index contributed by atoms with van der Waals surface area (Å²) in [6, 6.07) is 7.70. The zero-order valence-electron chi connectivity index (χ0n) is 13.1. The maximum Gasteiger partial charge on any atom is 0.433 e. The Balaban J connectivity index is 2.33. The molecule has 1 amide bonds. The van der Waals surface area contributed by atoms with E-state index >= 15 is 0 Å². The minimum absolute atomic E-state index is 0.124. The summed E-state index contributed by atoms with van der Waals surface area (Å²) in [5.74, 6) is -0.376. The van der Waals surface area contributed by atoms with Crippen molar-refractivity contribution in [2.24, 2.45) is 0 Å². The topological polar surface area (TPSA) is 33.2 Å². The molecule has 122 valence electrons. The minimum atomic E-state index is -4.51. The van der Waals surface area contributed by atoms with E-state index in [0.29, 0.717) is 6.54 Å². The lowest BCUT2D eigenvalue weighted by Crippen LogP contribution is -2.31. The molecule has 23 heavy (non-hydrogen) atoms. The molecule has 0 aliphatic rings. The van der Waals surface area contributed by atoms with Crippen LogP contribution in [0.2, 0.25) is 0 Å². The van der Waals surface area contributed by atoms with Crippen LogP contribution in [0.15, 0.2) is 36.5 Å². The van der Waals surface area contributed by atoms with Crippen molar-refractivity contribution in [3.63, 3.8) is 0 Å². The number of aromatic nitrogens is 1. The van der Waals surface area contributed by atoms with Gasteiger partial charge in [-0.05, 0) is 56.2 Å². The number of halogens is 3. The van der Waals surface area contributed by atoms with Gasteiger partial charge in [0.05, 0.1) is 5.56 Å². The summed E-state index contributed by atoms with van der Waals surface area (Å²) < 4.78 is 37.6. The third kappa shape index (κ3) is 3.88. The Hall–Kier alpha value is -2.37. The molecule has 6 heteroatoms. The number of aryl methyl sites for hydroxylation is 2. The molecule has 2 aromatic rings. The number of carbonyl (C=O) groups excluding carboxylic acids is 1. The number of benzene rings is 1. The Morgan fingerprint density at radius 3 is 2.17 bits per heavy atom. The van der Waals surface area contributed by atoms with Crippen LogP contribution in [0, 0.1) is 13.8 Å². The number of hydrogen-bond acceptors (Lipinski definition) is 2. The Labute approximate surface area is 132 Å². The summed E-state index contributed by atoms with van der Waals surface area (Å²) in [4.78, 5) is 17.4. The van der Waals surface area contributed by atoms with E-state index in [1.54, 1.807) is 0 Å². The number of rotatable bonds is 3. The maximum atomic E-state index is 12.6. The van der Waals surface area contributed by atoms with Crippen LogP contribution in [0.5, 0.6) is 0 Å². The lowest BCUT2D eigenvalue weighted by atomic mass is 10.1. The Morgan fingerprint density at radius 2 is 1.74 bits per heavy atom. The van der Waals surface area contributed by atoms with Gasteiger partial charge in [-0.25, -0.2) is 0 Å². The predicted molar refractivity (Wildman–Crippen MR) is 82.5 cm³/mol. The van der Waals surface area contributed by atoms with E-state index in [2.05, 4.69) is 4.98 Å². The second-order valence-corrected chi connectivity index (χ2v) is 5.33. The average Bonchev–Trinajstić information content (AvgIpc) is 2.46. The second-order valence-electron chi connectivity index (χ2n) is 5.33. The first kappa shape index (κ1) is 17.0. The van der Waals surface area contributed by atoms with Crippen LogP contribution in [0.4, 0.5) is 18.9 Å². The zero-order chi connectivity index (χ0) is 17.2. The molecule has 3 nitrogen and oxygen atoms in total. The Morgan fingerprint density at radius 1 is 1.13 bits per heavy atom. The Kier molecular flexibility index (Phi) is 4.73. The smallest absolute Gasteiger partial charge is 0.309 e. The summed E-state index contributed by atoms with van der Waals surface area (Å²) in [6.45, 7) is 6.07. The van der Waals surface area contributed by atoms with Gasteiger partial charge in [-0.2, -0.15) is 13.2 Å². The van der Waals surface area contributed by atoms with Crippen LogP contribution in [-0.4, -0.2) is 17.4 Å². The molecule has 0 fully saturated rings. The largest absolute Gasteiger partial charge is 0.433 e. The SMILES string of the molecule is CCN(C(=O)c1ccc(C(F)(F)F)nc1)c1cc(C)cc(C)c1. The van der Waals surface area contributed by atoms with Crippen LogP contribution in [-0.2, 0) is 6.18 Å². The van der Waals surface area contributed by atoms with Gasteiger partial charge in [-0.3, -0.25) is 9.78 Å². The van der Waals surface area contributed by atoms with Gasteiger partial charge in [0.15, 0.2) is 0 Å². The molecule has 1 heterocycles. The van der Waals surface area contributed by atoms with Gasteiger partial charge in [0, 0.05) is 18.4 Å². The third-order valence-electron chi connectivity index (χ3n) is 3.38. The van der Waals surface area contributed by atoms with Gasteiger partial charge in [-0.15, -0.1) is 0 Å². The van der Waals surface area contributed by atoms with E-state index < -0.39 is 11.9 Å². The van der Waals surface area contributed by atoms with Crippen LogP contribution in [0.1, 0.15) is 34.1 Å². The third-order valence-corrected chi connectivity index (χ3v) is 3.38. The summed E-state index contributed by atoms with van der Waals surface area (Å²) in [5.41, 5.74) is 1.85. The first-order chi connectivity index (χ1) is 10.7. The number of anilines is 1. The fraction of sp³-hybridized carbons (Fsp3) is 0.294. The highest BCUT2D eigenvalue weighted by Crippen LogP contribution is 2.27. The molecule has 0 aliphatic carbocycles. The van der Waals surface area contributed by atoms with E-state index in [4.69, 9.17) is 0 Å². The first-order valence-electron chi connectivity index (χ1n) is 7.15. The van der Waals surface area contributed by atoms with E-state index in [-0.39, 0.29) is 11.5 Å². The van der Waals surface area contributed by atoms with Crippen molar-refractivity contribution >= 4 is 11.6 Å². The fourth-order valence-corrected chi connectivity index (χ4v) is 2.39. The summed E-state index contributed by atoms with van der Waals surface area (Å²) in [5, 5.41) is 0. The standard InChI is InChI=1S/C17H17F3N2O/c1-4-22(14-8-11(2)7-12(3)9-14)16(23)13-5-6-15(21-10-13)17(18,19)20/h5-10H,4H2,1-3H3. The number of pyridine rings is 1. The number of carbonyl (C=O) groups is 1. The number of hydrogen-bond donors (Lipinski definition) is 0. The van der Waals surface area contributed by atoms with Crippen molar-refractivity contribution in [1.29, 1.82) is 0 Å². The number of nitrogens with zero attached hydrogens (tertiary/aromatic N) is 2. The van der Waals surface area contributed by atoms with Crippen molar-refractivity contribution in [2.75, 3.05) is 11.4 Å². The molecule has 0 aliphatic heterocycles. The quantitative estimate of drug-likeness (QED) is 0.840. The van der Waals surface area contributed by atoms with Crippen LogP contribution in [0.25, 0.3) is 0 Å². The van der Waals surface area contributed by atoms with Gasteiger partial charge in [0.2, 0.25) is 0 Å². The normalized spacial score (nSPS) is 11.4. The van der Waals surface area contributed by atoms with Gasteiger partial charge in [0.25, 0.3) is 5.91 Å². The minimum Gasteiger partial charge on any atom is -0.309 e. The molecule has 2 rings (SSSR count). The van der Waals surface area contributed by atoms with E-state index in [1.165, 1.54) is 4.90 Å². The Bertz CT molecular complexity index is 689. The highest BCUT2D eigenvalue weighted by molar-refractivity contribution is 6.05. The maximum absolute atomic E-state index is 12.6. The van der Waals surface area contributed by atoms with Gasteiger partial charge in [-0.1, -0.05) is 6.07 Å². The highest BCUT2D eigenvalue weighted by Gasteiger charge is 2.32. The molecule has 0 radical (unpaired) electrons. The lowest BCUT2D eigenvalue weighted by Gasteiger charge is -2.22. The molecule has 0 unspecified atom stereocenters. The van der Waals surface area contributed by atoms with Crippen LogP contribution in [0.3, 0.4) is 0 Å². The average molecular weight is 322 g/mol. The molecule has 0 atom stereocenters. The highest BCUT2D eigenvalue weighted by atomic mass is 19.4. The second kappa shape index (κ2) is 6.40. The van der Waals surface area contributed by atoms with Crippen molar-refractivity contribution < 1.29 is 18.0 Å². The molecule has 1 aromatic carbocycles. The van der Waals surface area contributed by atoms with E-state index in [9.17, 15) is 18.0 Å². The molecular formula is C17H17F3N2O. The van der Waals surface area contributed by atoms with Gasteiger partial charge in [0.1, 0.15) is 5.69 Å². The fourth-order valence-electron chi connectivity index (χ4n) is 2.39. The van der Waals surface area contributed by atoms with E-state index in [0.717, 1.165) is 35.1 Å². The van der Waals surface area contributed by atoms with Crippen LogP contribution >= 0.6 is 0 Å². The summed E-state index contributed by atoms with van der Waals surface area (Å²) in [6.07, 6.45) is -3.55. The molecule has 0 N–H and O–H groups in total. The molecule has 1 aromatic heterocycles. The molecule has 0 bridgehead atoms. The number of amides is 1. The molecule has 0 saturated heterocycles. The summed E-state index contributed by atoms with van der Waals surface area (Å²) >= 11 is 0. The van der Waals surface area contributed by atoms with Crippen molar-refractivity contribution in [3.8, 4) is 0 Å². The summed E-state index contributed by atoms with van der Waals surface area (Å²) in [7, 11) is 0. The zero-order valence-corrected chi connectivity index (χ0v) is 13.1. The van der Waals surface area contributed by atoms with Gasteiger partial charge < -0.3 is 4.90 Å². The molecule has 0 spiro atoms. The van der Waals surface area contributed by atoms with Crippen LogP contribution < -0.4 is 4.90 Å². The van der Waals surface area contributed by atoms with Crippen molar-refractivity contribution in [1.82, 2.24) is 4.98 Å². The monoisotopic (exact) mass is 322 g/mol. The first-order valence-corrected chi connectivity index (χ1v) is 7.15. The lowest BCUT2D eigenvalue weighted by molar-refractivity contribution is -0.141. The van der Waals surface area contributed by atoms with Gasteiger partial charge >= 0.3 is 6.18 Å². The van der Waals surface area contributed by atoms with E-state index in [1.807, 2.05) is 39.0 Å². The molecular weight excluding hydrogens is 305 g/mol. The van der Waals surface area contributed by atoms with Crippen molar-refractivity contribution in [3.05, 3.63) is 58.9 Å². The van der Waals surface area contributed by atoms with Crippen molar-refractivity contribution in [2.45, 2.75) is 26.9 Å². The predicted octanol–water partition coefficient (Wildman–Crippen LogP) is 4.38.